The van der Waals surface area contributed by atoms with Gasteiger partial charge in [-0.1, -0.05) is 19.1 Å². The highest BCUT2D eigenvalue weighted by Crippen LogP contribution is 2.20. The van der Waals surface area contributed by atoms with Crippen LogP contribution in [0.5, 0.6) is 5.75 Å². The van der Waals surface area contributed by atoms with E-state index in [9.17, 15) is 14.7 Å². The van der Waals surface area contributed by atoms with Crippen LogP contribution in [0.1, 0.15) is 45.1 Å². The van der Waals surface area contributed by atoms with Crippen molar-refractivity contribution in [1.82, 2.24) is 14.7 Å². The molecular weight excluding hydrogens is 366 g/mol. The van der Waals surface area contributed by atoms with Crippen LogP contribution in [0.3, 0.4) is 0 Å². The van der Waals surface area contributed by atoms with E-state index >= 15 is 0 Å². The number of likely N-dealkylation sites (N-methyl/N-ethyl adjacent to an activating group) is 1. The van der Waals surface area contributed by atoms with E-state index in [0.717, 1.165) is 38.8 Å². The van der Waals surface area contributed by atoms with Crippen LogP contribution in [0, 0.1) is 5.92 Å². The fourth-order valence-corrected chi connectivity index (χ4v) is 4.12. The summed E-state index contributed by atoms with van der Waals surface area (Å²) < 4.78 is 0. The van der Waals surface area contributed by atoms with Crippen molar-refractivity contribution < 1.29 is 14.7 Å². The molecule has 29 heavy (non-hydrogen) atoms. The summed E-state index contributed by atoms with van der Waals surface area (Å²) in [6.45, 7) is 7.60. The molecule has 1 heterocycles. The smallest absolute Gasteiger partial charge is 0.225 e. The van der Waals surface area contributed by atoms with Crippen LogP contribution in [-0.4, -0.2) is 77.9 Å². The summed E-state index contributed by atoms with van der Waals surface area (Å²) in [6.07, 6.45) is 3.88. The summed E-state index contributed by atoms with van der Waals surface area (Å²) in [5.74, 6) is 0.744. The van der Waals surface area contributed by atoms with Gasteiger partial charge in [0.15, 0.2) is 0 Å². The average Bonchev–Trinajstić information content (AvgIpc) is 2.72. The van der Waals surface area contributed by atoms with E-state index in [1.807, 2.05) is 17.0 Å². The molecule has 162 valence electrons. The molecule has 1 atom stereocenters. The van der Waals surface area contributed by atoms with Crippen molar-refractivity contribution in [1.29, 1.82) is 0 Å². The Labute approximate surface area is 175 Å². The van der Waals surface area contributed by atoms with Gasteiger partial charge in [0.05, 0.1) is 0 Å². The molecule has 0 saturated carbocycles. The number of nitrogens with zero attached hydrogens (tertiary/aromatic N) is 3. The molecule has 0 aliphatic carbocycles. The Hall–Kier alpha value is -2.08. The fourth-order valence-electron chi connectivity index (χ4n) is 4.12. The van der Waals surface area contributed by atoms with Crippen LogP contribution in [0.15, 0.2) is 24.3 Å². The molecule has 6 nitrogen and oxygen atoms in total. The van der Waals surface area contributed by atoms with E-state index < -0.39 is 0 Å². The van der Waals surface area contributed by atoms with E-state index in [1.54, 1.807) is 31.1 Å². The number of carbonyl (C=O) groups excluding carboxylic acids is 2. The first-order valence-electron chi connectivity index (χ1n) is 10.8. The van der Waals surface area contributed by atoms with Crippen molar-refractivity contribution in [3.05, 3.63) is 29.8 Å². The number of aromatic hydroxyl groups is 1. The van der Waals surface area contributed by atoms with Crippen LogP contribution < -0.4 is 0 Å². The van der Waals surface area contributed by atoms with Crippen molar-refractivity contribution in [3.63, 3.8) is 0 Å². The van der Waals surface area contributed by atoms with Gasteiger partial charge in [-0.05, 0) is 63.4 Å². The van der Waals surface area contributed by atoms with Crippen LogP contribution in [0.2, 0.25) is 0 Å². The van der Waals surface area contributed by atoms with Crippen LogP contribution in [0.4, 0.5) is 0 Å². The van der Waals surface area contributed by atoms with Gasteiger partial charge in [0.25, 0.3) is 0 Å². The normalized spacial score (nSPS) is 16.1. The topological polar surface area (TPSA) is 64.1 Å². The molecule has 1 aromatic rings. The first-order valence-corrected chi connectivity index (χ1v) is 10.8. The summed E-state index contributed by atoms with van der Waals surface area (Å²) in [5, 5.41) is 9.42. The Morgan fingerprint density at radius 3 is 2.34 bits per heavy atom. The molecule has 1 aromatic carbocycles. The second kappa shape index (κ2) is 11.2. The third kappa shape index (κ3) is 7.03. The quantitative estimate of drug-likeness (QED) is 0.689. The van der Waals surface area contributed by atoms with E-state index in [2.05, 4.69) is 18.7 Å². The van der Waals surface area contributed by atoms with Gasteiger partial charge in [-0.15, -0.1) is 0 Å². The van der Waals surface area contributed by atoms with Crippen molar-refractivity contribution in [2.75, 3.05) is 40.3 Å². The lowest BCUT2D eigenvalue weighted by atomic mass is 9.95. The van der Waals surface area contributed by atoms with Gasteiger partial charge in [-0.25, -0.2) is 0 Å². The molecule has 0 aromatic heterocycles. The minimum atomic E-state index is 0.0605. The van der Waals surface area contributed by atoms with Gasteiger partial charge in [-0.3, -0.25) is 9.59 Å². The number of rotatable bonds is 9. The Morgan fingerprint density at radius 2 is 1.79 bits per heavy atom. The molecule has 0 radical (unpaired) electrons. The number of amides is 2. The van der Waals surface area contributed by atoms with E-state index in [0.29, 0.717) is 31.3 Å². The monoisotopic (exact) mass is 403 g/mol. The zero-order valence-electron chi connectivity index (χ0n) is 18.4. The number of carbonyl (C=O) groups is 2. The molecule has 0 unspecified atom stereocenters. The SMILES string of the molecule is CCN(CCCC(=O)N1CCC(C(=O)N(C)C)CC1)[C@@H](C)Cc1ccc(O)cc1. The standard InChI is InChI=1S/C23H37N3O3/c1-5-25(18(2)17-19-8-10-21(27)11-9-19)14-6-7-22(28)26-15-12-20(13-16-26)23(29)24(3)4/h8-11,18,20,27H,5-7,12-17H2,1-4H3/t18-/m0/s1. The predicted molar refractivity (Wildman–Crippen MR) is 116 cm³/mol. The Morgan fingerprint density at radius 1 is 1.17 bits per heavy atom. The molecule has 2 rings (SSSR count). The lowest BCUT2D eigenvalue weighted by molar-refractivity contribution is -0.139. The average molecular weight is 404 g/mol. The van der Waals surface area contributed by atoms with Gasteiger partial charge >= 0.3 is 0 Å². The van der Waals surface area contributed by atoms with Gasteiger partial charge < -0.3 is 19.8 Å². The summed E-state index contributed by atoms with van der Waals surface area (Å²) in [4.78, 5) is 30.6. The fraction of sp³-hybridized carbons (Fsp3) is 0.652. The lowest BCUT2D eigenvalue weighted by Gasteiger charge is -2.33. The summed E-state index contributed by atoms with van der Waals surface area (Å²) in [5.41, 5.74) is 1.21. The van der Waals surface area contributed by atoms with Gasteiger partial charge in [-0.2, -0.15) is 0 Å². The third-order valence-electron chi connectivity index (χ3n) is 5.97. The van der Waals surface area contributed by atoms with Gasteiger partial charge in [0, 0.05) is 45.6 Å². The van der Waals surface area contributed by atoms with Crippen molar-refractivity contribution >= 4 is 11.8 Å². The number of likely N-dealkylation sites (tertiary alicyclic amines) is 1. The zero-order chi connectivity index (χ0) is 21.4. The number of phenolic OH excluding ortho intramolecular Hbond substituents is 1. The number of hydrogen-bond donors (Lipinski definition) is 1. The van der Waals surface area contributed by atoms with Crippen LogP contribution in [0.25, 0.3) is 0 Å². The number of piperidine rings is 1. The minimum absolute atomic E-state index is 0.0605. The molecular formula is C23H37N3O3. The maximum absolute atomic E-state index is 12.6. The van der Waals surface area contributed by atoms with Crippen molar-refractivity contribution in [2.24, 2.45) is 5.92 Å². The van der Waals surface area contributed by atoms with E-state index in [4.69, 9.17) is 0 Å². The minimum Gasteiger partial charge on any atom is -0.508 e. The molecule has 0 spiro atoms. The molecule has 6 heteroatoms. The Bertz CT molecular complexity index is 652. The highest BCUT2D eigenvalue weighted by molar-refractivity contribution is 5.79. The maximum Gasteiger partial charge on any atom is 0.225 e. The first-order chi connectivity index (χ1) is 13.8. The van der Waals surface area contributed by atoms with Crippen molar-refractivity contribution in [3.8, 4) is 5.75 Å². The number of benzene rings is 1. The molecule has 0 bridgehead atoms. The maximum atomic E-state index is 12.6. The van der Waals surface area contributed by atoms with Crippen LogP contribution in [-0.2, 0) is 16.0 Å². The molecule has 1 N–H and O–H groups in total. The van der Waals surface area contributed by atoms with Gasteiger partial charge in [0.1, 0.15) is 5.75 Å². The summed E-state index contributed by atoms with van der Waals surface area (Å²) >= 11 is 0. The van der Waals surface area contributed by atoms with Gasteiger partial charge in [0.2, 0.25) is 11.8 Å². The summed E-state index contributed by atoms with van der Waals surface area (Å²) in [6, 6.07) is 7.77. The number of phenols is 1. The second-order valence-corrected chi connectivity index (χ2v) is 8.34. The van der Waals surface area contributed by atoms with E-state index in [-0.39, 0.29) is 17.7 Å². The molecule has 2 amide bonds. The van der Waals surface area contributed by atoms with E-state index in [1.165, 1.54) is 5.56 Å². The Balaban J connectivity index is 1.72. The molecule has 1 saturated heterocycles. The highest BCUT2D eigenvalue weighted by atomic mass is 16.3. The molecule has 1 aliphatic rings. The largest absolute Gasteiger partial charge is 0.508 e. The Kier molecular flexibility index (Phi) is 8.96. The molecule has 1 fully saturated rings. The predicted octanol–water partition coefficient (Wildman–Crippen LogP) is 2.75. The number of hydrogen-bond acceptors (Lipinski definition) is 4. The van der Waals surface area contributed by atoms with Crippen LogP contribution >= 0.6 is 0 Å². The first kappa shape index (κ1) is 23.2. The zero-order valence-corrected chi connectivity index (χ0v) is 18.4. The summed E-state index contributed by atoms with van der Waals surface area (Å²) in [7, 11) is 3.59. The third-order valence-corrected chi connectivity index (χ3v) is 5.97. The van der Waals surface area contributed by atoms with Crippen molar-refractivity contribution in [2.45, 2.75) is 52.0 Å². The molecule has 1 aliphatic heterocycles. The lowest BCUT2D eigenvalue weighted by Crippen LogP contribution is -2.43. The highest BCUT2D eigenvalue weighted by Gasteiger charge is 2.28. The second-order valence-electron chi connectivity index (χ2n) is 8.34.